The Kier molecular flexibility index (Phi) is 4.66. The summed E-state index contributed by atoms with van der Waals surface area (Å²) in [5.41, 5.74) is 7.87. The molecule has 2 N–H and O–H groups in total. The molecule has 0 saturated heterocycles. The largest absolute Gasteiger partial charge is 0.399 e. The fourth-order valence-corrected chi connectivity index (χ4v) is 3.39. The lowest BCUT2D eigenvalue weighted by Gasteiger charge is -2.24. The number of nitrogens with zero attached hydrogens (tertiary/aromatic N) is 1. The smallest absolute Gasteiger partial charge is 0.0534 e. The molecule has 2 rings (SSSR count). The normalized spacial score (nSPS) is 10.6. The second-order valence-corrected chi connectivity index (χ2v) is 6.06. The van der Waals surface area contributed by atoms with Crippen molar-refractivity contribution in [2.45, 2.75) is 19.9 Å². The zero-order chi connectivity index (χ0) is 13.0. The van der Waals surface area contributed by atoms with Crippen molar-refractivity contribution in [3.8, 4) is 0 Å². The first-order valence-corrected chi connectivity index (χ1v) is 7.70. The topological polar surface area (TPSA) is 29.3 Å². The van der Waals surface area contributed by atoms with Gasteiger partial charge in [-0.25, -0.2) is 0 Å². The summed E-state index contributed by atoms with van der Waals surface area (Å²) >= 11 is 5.37. The third kappa shape index (κ3) is 3.27. The molecule has 0 amide bonds. The van der Waals surface area contributed by atoms with Gasteiger partial charge < -0.3 is 10.6 Å². The molecule has 4 heteroatoms. The Hall–Kier alpha value is -1.00. The number of nitrogen functional groups attached to an aromatic ring is 1. The van der Waals surface area contributed by atoms with Crippen molar-refractivity contribution in [3.63, 3.8) is 0 Å². The number of nitrogens with two attached hydrogens (primary N) is 1. The molecule has 0 spiro atoms. The molecule has 2 aromatic rings. The quantitative estimate of drug-likeness (QED) is 0.820. The standard InChI is InChI=1S/C14H17BrN2S/c1-2-7-17(10-14-13(15)6-8-18-14)12-5-3-4-11(16)9-12/h3-6,8-9H,2,7,10,16H2,1H3. The van der Waals surface area contributed by atoms with Crippen LogP contribution >= 0.6 is 27.3 Å². The summed E-state index contributed by atoms with van der Waals surface area (Å²) in [6.45, 7) is 4.16. The van der Waals surface area contributed by atoms with E-state index in [1.54, 1.807) is 11.3 Å². The van der Waals surface area contributed by atoms with Gasteiger partial charge in [-0.3, -0.25) is 0 Å². The van der Waals surface area contributed by atoms with E-state index in [-0.39, 0.29) is 0 Å². The second-order valence-electron chi connectivity index (χ2n) is 4.21. The van der Waals surface area contributed by atoms with Crippen molar-refractivity contribution in [1.82, 2.24) is 0 Å². The molecule has 1 aromatic heterocycles. The fraction of sp³-hybridized carbons (Fsp3) is 0.286. The van der Waals surface area contributed by atoms with Crippen molar-refractivity contribution >= 4 is 38.6 Å². The van der Waals surface area contributed by atoms with Gasteiger partial charge in [-0.05, 0) is 52.0 Å². The van der Waals surface area contributed by atoms with Crippen molar-refractivity contribution in [1.29, 1.82) is 0 Å². The molecular formula is C14H17BrN2S. The molecule has 0 aliphatic carbocycles. The minimum absolute atomic E-state index is 0.818. The van der Waals surface area contributed by atoms with Crippen LogP contribution in [0, 0.1) is 0 Å². The van der Waals surface area contributed by atoms with E-state index in [2.05, 4.69) is 45.3 Å². The van der Waals surface area contributed by atoms with Crippen LogP contribution in [0.15, 0.2) is 40.2 Å². The van der Waals surface area contributed by atoms with Crippen molar-refractivity contribution < 1.29 is 0 Å². The van der Waals surface area contributed by atoms with Gasteiger partial charge in [0.05, 0.1) is 6.54 Å². The molecule has 1 heterocycles. The fourth-order valence-electron chi connectivity index (χ4n) is 1.90. The summed E-state index contributed by atoms with van der Waals surface area (Å²) < 4.78 is 1.19. The lowest BCUT2D eigenvalue weighted by Crippen LogP contribution is -2.23. The molecule has 0 bridgehead atoms. The predicted molar refractivity (Wildman–Crippen MR) is 84.2 cm³/mol. The third-order valence-electron chi connectivity index (χ3n) is 2.75. The molecule has 0 radical (unpaired) electrons. The van der Waals surface area contributed by atoms with Gasteiger partial charge in [-0.15, -0.1) is 11.3 Å². The molecule has 1 aromatic carbocycles. The molecule has 0 unspecified atom stereocenters. The van der Waals surface area contributed by atoms with Crippen LogP contribution in [0.3, 0.4) is 0 Å². The maximum atomic E-state index is 5.86. The van der Waals surface area contributed by atoms with Gasteiger partial charge >= 0.3 is 0 Å². The Morgan fingerprint density at radius 1 is 1.33 bits per heavy atom. The molecular weight excluding hydrogens is 308 g/mol. The summed E-state index contributed by atoms with van der Waals surface area (Å²) in [5, 5.41) is 2.11. The van der Waals surface area contributed by atoms with E-state index in [0.29, 0.717) is 0 Å². The average molecular weight is 325 g/mol. The highest BCUT2D eigenvalue weighted by Gasteiger charge is 2.10. The van der Waals surface area contributed by atoms with Gasteiger partial charge in [0, 0.05) is 27.3 Å². The van der Waals surface area contributed by atoms with Crippen molar-refractivity contribution in [2.24, 2.45) is 0 Å². The van der Waals surface area contributed by atoms with Crippen LogP contribution in [0.1, 0.15) is 18.2 Å². The molecule has 18 heavy (non-hydrogen) atoms. The summed E-state index contributed by atoms with van der Waals surface area (Å²) in [6, 6.07) is 10.2. The Bertz CT molecular complexity index is 510. The predicted octanol–water partition coefficient (Wildman–Crippen LogP) is 4.51. The Morgan fingerprint density at radius 3 is 2.78 bits per heavy atom. The van der Waals surface area contributed by atoms with Crippen LogP contribution in [0.25, 0.3) is 0 Å². The van der Waals surface area contributed by atoms with Crippen molar-refractivity contribution in [2.75, 3.05) is 17.2 Å². The van der Waals surface area contributed by atoms with Gasteiger partial charge in [-0.1, -0.05) is 13.0 Å². The lowest BCUT2D eigenvalue weighted by molar-refractivity contribution is 0.773. The van der Waals surface area contributed by atoms with Crippen LogP contribution in [0.2, 0.25) is 0 Å². The Balaban J connectivity index is 2.20. The van der Waals surface area contributed by atoms with Crippen LogP contribution in [0.4, 0.5) is 11.4 Å². The van der Waals surface area contributed by atoms with Gasteiger partial charge in [0.2, 0.25) is 0 Å². The number of benzene rings is 1. The number of anilines is 2. The third-order valence-corrected chi connectivity index (χ3v) is 4.67. The highest BCUT2D eigenvalue weighted by atomic mass is 79.9. The minimum atomic E-state index is 0.818. The average Bonchev–Trinajstić information content (AvgIpc) is 2.74. The summed E-state index contributed by atoms with van der Waals surface area (Å²) in [4.78, 5) is 3.72. The Morgan fingerprint density at radius 2 is 2.17 bits per heavy atom. The molecule has 0 fully saturated rings. The molecule has 2 nitrogen and oxygen atoms in total. The number of rotatable bonds is 5. The molecule has 0 aliphatic heterocycles. The molecule has 96 valence electrons. The summed E-state index contributed by atoms with van der Waals surface area (Å²) in [7, 11) is 0. The first-order chi connectivity index (χ1) is 8.70. The first kappa shape index (κ1) is 13.4. The minimum Gasteiger partial charge on any atom is -0.399 e. The monoisotopic (exact) mass is 324 g/mol. The van der Waals surface area contributed by atoms with E-state index < -0.39 is 0 Å². The number of hydrogen-bond donors (Lipinski definition) is 1. The van der Waals surface area contributed by atoms with E-state index in [0.717, 1.165) is 25.2 Å². The van der Waals surface area contributed by atoms with Crippen molar-refractivity contribution in [3.05, 3.63) is 45.1 Å². The van der Waals surface area contributed by atoms with Gasteiger partial charge in [0.15, 0.2) is 0 Å². The van der Waals surface area contributed by atoms with Crippen LogP contribution in [-0.4, -0.2) is 6.54 Å². The van der Waals surface area contributed by atoms with Gasteiger partial charge in [-0.2, -0.15) is 0 Å². The van der Waals surface area contributed by atoms with E-state index in [1.807, 2.05) is 18.2 Å². The van der Waals surface area contributed by atoms with Crippen LogP contribution < -0.4 is 10.6 Å². The first-order valence-electron chi connectivity index (χ1n) is 6.03. The van der Waals surface area contributed by atoms with E-state index in [9.17, 15) is 0 Å². The van der Waals surface area contributed by atoms with Gasteiger partial charge in [0.1, 0.15) is 0 Å². The molecule has 0 saturated carbocycles. The highest BCUT2D eigenvalue weighted by molar-refractivity contribution is 9.10. The lowest BCUT2D eigenvalue weighted by atomic mass is 10.2. The van der Waals surface area contributed by atoms with E-state index in [4.69, 9.17) is 5.73 Å². The zero-order valence-electron chi connectivity index (χ0n) is 10.4. The number of thiophene rings is 1. The van der Waals surface area contributed by atoms with Crippen LogP contribution in [0.5, 0.6) is 0 Å². The zero-order valence-corrected chi connectivity index (χ0v) is 12.8. The van der Waals surface area contributed by atoms with Crippen LogP contribution in [-0.2, 0) is 6.54 Å². The Labute approximate surface area is 121 Å². The molecule has 0 atom stereocenters. The summed E-state index contributed by atoms with van der Waals surface area (Å²) in [5.74, 6) is 0. The number of halogens is 1. The second kappa shape index (κ2) is 6.25. The molecule has 0 aliphatic rings. The maximum Gasteiger partial charge on any atom is 0.0534 e. The maximum absolute atomic E-state index is 5.86. The highest BCUT2D eigenvalue weighted by Crippen LogP contribution is 2.27. The summed E-state index contributed by atoms with van der Waals surface area (Å²) in [6.07, 6.45) is 1.12. The SMILES string of the molecule is CCCN(Cc1sccc1Br)c1cccc(N)c1. The van der Waals surface area contributed by atoms with E-state index >= 15 is 0 Å². The number of hydrogen-bond acceptors (Lipinski definition) is 3. The van der Waals surface area contributed by atoms with E-state index in [1.165, 1.54) is 15.0 Å². The van der Waals surface area contributed by atoms with Gasteiger partial charge in [0.25, 0.3) is 0 Å².